The van der Waals surface area contributed by atoms with Gasteiger partial charge in [0.05, 0.1) is 42.3 Å². The van der Waals surface area contributed by atoms with Gasteiger partial charge in [-0.2, -0.15) is 0 Å². The first-order valence-electron chi connectivity index (χ1n) is 17.0. The zero-order valence-corrected chi connectivity index (χ0v) is 28.3. The van der Waals surface area contributed by atoms with Gasteiger partial charge in [-0.3, -0.25) is 10.1 Å². The maximum Gasteiger partial charge on any atom is 0.336 e. The first kappa shape index (κ1) is 36.6. The SMILES string of the molecule is CCCC1=C(C(=O)OCCCOc2ccc(CCCCOC3CCCCO3)cc2)C(c2cccc([N+](=O)[O-])c2)C(C(=O)OC)=C(CC)N1. The molecular formula is C37H48N2O9. The van der Waals surface area contributed by atoms with Crippen molar-refractivity contribution in [2.24, 2.45) is 0 Å². The number of carbonyl (C=O) groups is 2. The Bertz CT molecular complexity index is 1440. The molecule has 2 unspecified atom stereocenters. The van der Waals surface area contributed by atoms with Gasteiger partial charge in [-0.15, -0.1) is 0 Å². The number of nitro benzene ring substituents is 1. The molecule has 0 radical (unpaired) electrons. The van der Waals surface area contributed by atoms with Gasteiger partial charge in [-0.05, 0) is 74.6 Å². The minimum Gasteiger partial charge on any atom is -0.493 e. The quantitative estimate of drug-likeness (QED) is 0.0764. The van der Waals surface area contributed by atoms with Gasteiger partial charge in [0, 0.05) is 43.2 Å². The first-order valence-corrected chi connectivity index (χ1v) is 17.0. The summed E-state index contributed by atoms with van der Waals surface area (Å²) in [7, 11) is 1.27. The van der Waals surface area contributed by atoms with Gasteiger partial charge in [-0.1, -0.05) is 44.5 Å². The standard InChI is InChI=1S/C37H48N2O9/c1-4-12-31-35(33(27-14-10-15-28(25-27)39(42)43)34(36(40)44-3)30(5-2)38-31)37(41)48-24-11-23-45-29-19-17-26(18-20-29)13-6-8-21-46-32-16-7-9-22-47-32/h10,14-15,17-20,25,32-33,38H,4-9,11-13,16,21-24H2,1-3H3. The van der Waals surface area contributed by atoms with Gasteiger partial charge in [0.2, 0.25) is 0 Å². The number of dihydropyridines is 1. The van der Waals surface area contributed by atoms with E-state index in [0.717, 1.165) is 50.9 Å². The molecule has 11 nitrogen and oxygen atoms in total. The highest BCUT2D eigenvalue weighted by Crippen LogP contribution is 2.41. The third-order valence-electron chi connectivity index (χ3n) is 8.44. The molecule has 48 heavy (non-hydrogen) atoms. The van der Waals surface area contributed by atoms with E-state index in [-0.39, 0.29) is 29.7 Å². The molecule has 1 N–H and O–H groups in total. The molecule has 0 spiro atoms. The number of carbonyl (C=O) groups excluding carboxylic acids is 2. The number of aryl methyl sites for hydroxylation is 1. The number of benzene rings is 2. The van der Waals surface area contributed by atoms with Crippen LogP contribution in [0.15, 0.2) is 71.1 Å². The highest BCUT2D eigenvalue weighted by Gasteiger charge is 2.39. The van der Waals surface area contributed by atoms with E-state index in [1.54, 1.807) is 12.1 Å². The zero-order chi connectivity index (χ0) is 34.3. The third kappa shape index (κ3) is 10.1. The van der Waals surface area contributed by atoms with Crippen molar-refractivity contribution in [2.75, 3.05) is 33.5 Å². The van der Waals surface area contributed by atoms with Crippen LogP contribution in [-0.2, 0) is 35.0 Å². The minimum absolute atomic E-state index is 0.0402. The van der Waals surface area contributed by atoms with E-state index in [1.807, 2.05) is 26.0 Å². The van der Waals surface area contributed by atoms with Gasteiger partial charge in [0.15, 0.2) is 6.29 Å². The summed E-state index contributed by atoms with van der Waals surface area (Å²) >= 11 is 0. The molecule has 2 heterocycles. The number of esters is 2. The Kier molecular flexibility index (Phi) is 14.5. The molecule has 2 atom stereocenters. The number of allylic oxidation sites excluding steroid dienone is 2. The van der Waals surface area contributed by atoms with Crippen LogP contribution in [0.3, 0.4) is 0 Å². The van der Waals surface area contributed by atoms with Crippen molar-refractivity contribution >= 4 is 17.6 Å². The van der Waals surface area contributed by atoms with Crippen molar-refractivity contribution in [1.29, 1.82) is 0 Å². The molecule has 1 saturated heterocycles. The Morgan fingerprint density at radius 2 is 1.73 bits per heavy atom. The molecule has 11 heteroatoms. The van der Waals surface area contributed by atoms with Crippen LogP contribution < -0.4 is 10.1 Å². The summed E-state index contributed by atoms with van der Waals surface area (Å²) in [5, 5.41) is 14.9. The predicted octanol–water partition coefficient (Wildman–Crippen LogP) is 7.05. The summed E-state index contributed by atoms with van der Waals surface area (Å²) in [5.41, 5.74) is 3.25. The van der Waals surface area contributed by atoms with E-state index in [2.05, 4.69) is 17.4 Å². The molecule has 0 bridgehead atoms. The summed E-state index contributed by atoms with van der Waals surface area (Å²) in [6.45, 7) is 5.81. The lowest BCUT2D eigenvalue weighted by Crippen LogP contribution is -2.34. The molecule has 2 aromatic carbocycles. The number of ether oxygens (including phenoxy) is 5. The second-order valence-corrected chi connectivity index (χ2v) is 11.9. The number of rotatable bonds is 18. The number of hydrogen-bond donors (Lipinski definition) is 1. The first-order chi connectivity index (χ1) is 23.4. The smallest absolute Gasteiger partial charge is 0.336 e. The van der Waals surface area contributed by atoms with E-state index < -0.39 is 22.8 Å². The largest absolute Gasteiger partial charge is 0.493 e. The molecule has 0 amide bonds. The van der Waals surface area contributed by atoms with Gasteiger partial charge in [0.25, 0.3) is 5.69 Å². The lowest BCUT2D eigenvalue weighted by Gasteiger charge is -2.32. The van der Waals surface area contributed by atoms with E-state index in [4.69, 9.17) is 23.7 Å². The van der Waals surface area contributed by atoms with Crippen LogP contribution in [0.2, 0.25) is 0 Å². The molecule has 2 aliphatic heterocycles. The molecule has 4 rings (SSSR count). The van der Waals surface area contributed by atoms with E-state index in [1.165, 1.54) is 31.2 Å². The fourth-order valence-corrected chi connectivity index (χ4v) is 6.01. The van der Waals surface area contributed by atoms with E-state index >= 15 is 0 Å². The number of unbranched alkanes of at least 4 members (excludes halogenated alkanes) is 1. The summed E-state index contributed by atoms with van der Waals surface area (Å²) < 4.78 is 28.2. The third-order valence-corrected chi connectivity index (χ3v) is 8.44. The number of nitrogens with zero attached hydrogens (tertiary/aromatic N) is 1. The maximum absolute atomic E-state index is 13.7. The van der Waals surface area contributed by atoms with Crippen molar-refractivity contribution in [3.63, 3.8) is 0 Å². The Balaban J connectivity index is 1.33. The van der Waals surface area contributed by atoms with Gasteiger partial charge < -0.3 is 29.0 Å². The van der Waals surface area contributed by atoms with Gasteiger partial charge >= 0.3 is 11.9 Å². The summed E-state index contributed by atoms with van der Waals surface area (Å²) in [4.78, 5) is 37.9. The second-order valence-electron chi connectivity index (χ2n) is 11.9. The summed E-state index contributed by atoms with van der Waals surface area (Å²) in [6.07, 6.45) is 8.37. The molecule has 1 fully saturated rings. The molecular weight excluding hydrogens is 616 g/mol. The van der Waals surface area contributed by atoms with Crippen molar-refractivity contribution in [3.8, 4) is 5.75 Å². The number of nitro groups is 1. The van der Waals surface area contributed by atoms with E-state index in [0.29, 0.717) is 49.4 Å². The fourth-order valence-electron chi connectivity index (χ4n) is 6.01. The van der Waals surface area contributed by atoms with E-state index in [9.17, 15) is 19.7 Å². The van der Waals surface area contributed by atoms with Crippen LogP contribution in [0.1, 0.15) is 88.7 Å². The Morgan fingerprint density at radius 1 is 0.938 bits per heavy atom. The van der Waals surface area contributed by atoms with Crippen molar-refractivity contribution < 1.29 is 38.2 Å². The van der Waals surface area contributed by atoms with Gasteiger partial charge in [0.1, 0.15) is 5.75 Å². The maximum atomic E-state index is 13.7. The second kappa shape index (κ2) is 18.9. The molecule has 0 aromatic heterocycles. The van der Waals surface area contributed by atoms with Crippen LogP contribution in [0, 0.1) is 10.1 Å². The molecule has 0 aliphatic carbocycles. The predicted molar refractivity (Wildman–Crippen MR) is 180 cm³/mol. The number of hydrogen-bond acceptors (Lipinski definition) is 10. The minimum atomic E-state index is -0.893. The van der Waals surface area contributed by atoms with Crippen molar-refractivity contribution in [2.45, 2.75) is 90.3 Å². The summed E-state index contributed by atoms with van der Waals surface area (Å²) in [5.74, 6) is -1.37. The Morgan fingerprint density at radius 3 is 2.42 bits per heavy atom. The lowest BCUT2D eigenvalue weighted by atomic mass is 9.79. The Labute approximate surface area is 282 Å². The number of nitrogens with one attached hydrogen (secondary N) is 1. The van der Waals surface area contributed by atoms with Crippen LogP contribution in [-0.4, -0.2) is 56.7 Å². The average Bonchev–Trinajstić information content (AvgIpc) is 3.11. The number of non-ortho nitro benzene ring substituents is 1. The van der Waals surface area contributed by atoms with Crippen LogP contribution >= 0.6 is 0 Å². The summed E-state index contributed by atoms with van der Waals surface area (Å²) in [6, 6.07) is 14.0. The molecule has 2 aromatic rings. The average molecular weight is 665 g/mol. The zero-order valence-electron chi connectivity index (χ0n) is 28.3. The van der Waals surface area contributed by atoms with Crippen molar-refractivity contribution in [3.05, 3.63) is 92.3 Å². The Hall–Kier alpha value is -4.22. The molecule has 2 aliphatic rings. The highest BCUT2D eigenvalue weighted by molar-refractivity contribution is 6.00. The van der Waals surface area contributed by atoms with Crippen LogP contribution in [0.5, 0.6) is 5.75 Å². The fraction of sp³-hybridized carbons (Fsp3) is 0.514. The monoisotopic (exact) mass is 664 g/mol. The van der Waals surface area contributed by atoms with Crippen LogP contribution in [0.25, 0.3) is 0 Å². The lowest BCUT2D eigenvalue weighted by molar-refractivity contribution is -0.384. The highest BCUT2D eigenvalue weighted by atomic mass is 16.7. The normalized spacial score (nSPS) is 17.9. The van der Waals surface area contributed by atoms with Crippen molar-refractivity contribution in [1.82, 2.24) is 5.32 Å². The number of methoxy groups -OCH3 is 1. The molecule has 260 valence electrons. The van der Waals surface area contributed by atoms with Gasteiger partial charge in [-0.25, -0.2) is 9.59 Å². The molecule has 0 saturated carbocycles. The topological polar surface area (TPSA) is 135 Å². The van der Waals surface area contributed by atoms with Crippen LogP contribution in [0.4, 0.5) is 5.69 Å².